The van der Waals surface area contributed by atoms with Crippen molar-refractivity contribution in [3.63, 3.8) is 0 Å². The van der Waals surface area contributed by atoms with E-state index in [9.17, 15) is 4.21 Å². The second-order valence-electron chi connectivity index (χ2n) is 3.85. The van der Waals surface area contributed by atoms with E-state index < -0.39 is 9.71 Å². The van der Waals surface area contributed by atoms with Crippen molar-refractivity contribution >= 4 is 21.2 Å². The van der Waals surface area contributed by atoms with Crippen LogP contribution in [0.3, 0.4) is 0 Å². The van der Waals surface area contributed by atoms with Crippen molar-refractivity contribution in [1.29, 1.82) is 0 Å². The predicted molar refractivity (Wildman–Crippen MR) is 71.0 cm³/mol. The first-order valence-corrected chi connectivity index (χ1v) is 6.95. The average molecular weight is 244 g/mol. The zero-order valence-corrected chi connectivity index (χ0v) is 9.91. The number of hydrogen-bond donors (Lipinski definition) is 2. The molecule has 0 amide bonds. The molecule has 1 aromatic carbocycles. The first kappa shape index (κ1) is 10.2. The van der Waals surface area contributed by atoms with Crippen LogP contribution in [0.4, 0.5) is 0 Å². The highest BCUT2D eigenvalue weighted by Gasteiger charge is 2.15. The number of benzene rings is 1. The lowest BCUT2D eigenvalue weighted by molar-refractivity contribution is 0.676. The van der Waals surface area contributed by atoms with Gasteiger partial charge in [0, 0.05) is 29.5 Å². The van der Waals surface area contributed by atoms with Crippen LogP contribution in [-0.2, 0) is 9.71 Å². The van der Waals surface area contributed by atoms with Crippen LogP contribution in [0.25, 0.3) is 6.08 Å². The molecule has 0 saturated carbocycles. The number of aromatic amines is 1. The molecule has 4 heteroatoms. The summed E-state index contributed by atoms with van der Waals surface area (Å²) in [4.78, 5) is 3.79. The lowest BCUT2D eigenvalue weighted by Crippen LogP contribution is -2.24. The molecular formula is C13H12N2OS. The van der Waals surface area contributed by atoms with Crippen molar-refractivity contribution < 1.29 is 4.21 Å². The predicted octanol–water partition coefficient (Wildman–Crippen LogP) is 2.00. The Morgan fingerprint density at radius 2 is 2.06 bits per heavy atom. The Balaban J connectivity index is 2.23. The Morgan fingerprint density at radius 1 is 1.18 bits per heavy atom. The fraction of sp³-hybridized carbons (Fsp3) is 0. The van der Waals surface area contributed by atoms with Gasteiger partial charge in [-0.2, -0.15) is 0 Å². The Kier molecular flexibility index (Phi) is 2.30. The van der Waals surface area contributed by atoms with Crippen LogP contribution in [0.1, 0.15) is 11.1 Å². The molecule has 1 aliphatic heterocycles. The summed E-state index contributed by atoms with van der Waals surface area (Å²) in [7, 11) is -2.35. The molecule has 86 valence electrons. The molecule has 3 nitrogen and oxygen atoms in total. The van der Waals surface area contributed by atoms with E-state index in [1.807, 2.05) is 48.8 Å². The van der Waals surface area contributed by atoms with E-state index in [1.54, 1.807) is 11.6 Å². The maximum absolute atomic E-state index is 12.9. The number of nitrogens with one attached hydrogen (secondary N) is 2. The van der Waals surface area contributed by atoms with E-state index >= 15 is 0 Å². The molecule has 0 spiro atoms. The van der Waals surface area contributed by atoms with Crippen molar-refractivity contribution in [3.05, 3.63) is 60.1 Å². The first-order chi connectivity index (χ1) is 8.28. The van der Waals surface area contributed by atoms with Gasteiger partial charge in [0.05, 0.1) is 14.6 Å². The summed E-state index contributed by atoms with van der Waals surface area (Å²) in [5, 5.41) is 1.77. The van der Waals surface area contributed by atoms with E-state index in [-0.39, 0.29) is 0 Å². The average Bonchev–Trinajstić information content (AvgIpc) is 2.82. The fourth-order valence-electron chi connectivity index (χ4n) is 1.88. The van der Waals surface area contributed by atoms with E-state index in [0.717, 1.165) is 16.0 Å². The van der Waals surface area contributed by atoms with E-state index in [2.05, 4.69) is 9.71 Å². The second-order valence-corrected chi connectivity index (χ2v) is 5.96. The summed E-state index contributed by atoms with van der Waals surface area (Å²) >= 11 is 0. The Bertz CT molecular complexity index is 677. The lowest BCUT2D eigenvalue weighted by Gasteiger charge is -2.18. The Morgan fingerprint density at radius 3 is 2.88 bits per heavy atom. The van der Waals surface area contributed by atoms with E-state index in [0.29, 0.717) is 0 Å². The molecule has 0 bridgehead atoms. The molecule has 2 heterocycles. The normalized spacial score (nSPS) is 21.6. The molecule has 1 unspecified atom stereocenters. The molecule has 0 fully saturated rings. The molecule has 0 aliphatic carbocycles. The topological polar surface area (TPSA) is 44.9 Å². The smallest absolute Gasteiger partial charge is 0.0814 e. The van der Waals surface area contributed by atoms with Crippen molar-refractivity contribution in [1.82, 2.24) is 9.71 Å². The minimum Gasteiger partial charge on any atom is -0.367 e. The van der Waals surface area contributed by atoms with Crippen LogP contribution < -0.4 is 4.72 Å². The molecule has 1 aliphatic rings. The largest absolute Gasteiger partial charge is 0.367 e. The van der Waals surface area contributed by atoms with Crippen LogP contribution in [0.5, 0.6) is 0 Å². The lowest BCUT2D eigenvalue weighted by atomic mass is 10.2. The van der Waals surface area contributed by atoms with Crippen molar-refractivity contribution in [3.8, 4) is 0 Å². The highest BCUT2D eigenvalue weighted by Crippen LogP contribution is 2.21. The first-order valence-electron chi connectivity index (χ1n) is 5.33. The SMILES string of the molecule is O=S1(=Cc2cc[nH]c2)NC=Cc2ccccc21. The van der Waals surface area contributed by atoms with Gasteiger partial charge in [0.2, 0.25) is 0 Å². The van der Waals surface area contributed by atoms with Crippen LogP contribution in [0.2, 0.25) is 0 Å². The summed E-state index contributed by atoms with van der Waals surface area (Å²) in [5.74, 6) is 0. The van der Waals surface area contributed by atoms with Gasteiger partial charge in [-0.05, 0) is 23.8 Å². The standard InChI is InChI=1S/C13H12N2OS/c16-17(10-11-5-7-14-9-11)13-4-2-1-3-12(13)6-8-15-17/h1-10,14H,(H,15,16). The highest BCUT2D eigenvalue weighted by atomic mass is 32.2. The van der Waals surface area contributed by atoms with Gasteiger partial charge < -0.3 is 9.71 Å². The van der Waals surface area contributed by atoms with Crippen LogP contribution in [0.15, 0.2) is 53.8 Å². The Hall–Kier alpha value is -1.94. The Labute approximate surface area is 100 Å². The number of H-pyrrole nitrogens is 1. The van der Waals surface area contributed by atoms with Gasteiger partial charge in [-0.25, -0.2) is 4.21 Å². The molecule has 1 aromatic heterocycles. The van der Waals surface area contributed by atoms with E-state index in [1.165, 1.54) is 0 Å². The van der Waals surface area contributed by atoms with Crippen LogP contribution in [0, 0.1) is 0 Å². The third-order valence-electron chi connectivity index (χ3n) is 2.68. The second kappa shape index (κ2) is 3.82. The number of hydrogen-bond acceptors (Lipinski definition) is 1. The minimum absolute atomic E-state index is 0.837. The summed E-state index contributed by atoms with van der Waals surface area (Å²) in [6.45, 7) is 0. The monoisotopic (exact) mass is 244 g/mol. The molecule has 0 radical (unpaired) electrons. The number of rotatable bonds is 1. The minimum atomic E-state index is -2.35. The zero-order valence-electron chi connectivity index (χ0n) is 9.09. The maximum atomic E-state index is 12.9. The summed E-state index contributed by atoms with van der Waals surface area (Å²) < 4.78 is 15.8. The van der Waals surface area contributed by atoms with Gasteiger partial charge in [0.15, 0.2) is 0 Å². The quantitative estimate of drug-likeness (QED) is 0.740. The van der Waals surface area contributed by atoms with Gasteiger partial charge in [-0.1, -0.05) is 18.2 Å². The molecule has 2 N–H and O–H groups in total. The van der Waals surface area contributed by atoms with Gasteiger partial charge in [-0.15, -0.1) is 0 Å². The zero-order chi connectivity index (χ0) is 11.7. The number of fused-ring (bicyclic) bond motifs is 1. The van der Waals surface area contributed by atoms with Crippen molar-refractivity contribution in [2.24, 2.45) is 0 Å². The molecule has 3 rings (SSSR count). The molecule has 2 aromatic rings. The van der Waals surface area contributed by atoms with Gasteiger partial charge >= 0.3 is 0 Å². The van der Waals surface area contributed by atoms with Crippen molar-refractivity contribution in [2.45, 2.75) is 4.90 Å². The maximum Gasteiger partial charge on any atom is 0.0814 e. The molecule has 17 heavy (non-hydrogen) atoms. The molecule has 0 saturated heterocycles. The van der Waals surface area contributed by atoms with Gasteiger partial charge in [-0.3, -0.25) is 0 Å². The van der Waals surface area contributed by atoms with Crippen molar-refractivity contribution in [2.75, 3.05) is 0 Å². The fourth-order valence-corrected chi connectivity index (χ4v) is 3.77. The van der Waals surface area contributed by atoms with E-state index in [4.69, 9.17) is 0 Å². The van der Waals surface area contributed by atoms with Gasteiger partial charge in [0.25, 0.3) is 0 Å². The van der Waals surface area contributed by atoms with Crippen LogP contribution in [-0.4, -0.2) is 14.6 Å². The van der Waals surface area contributed by atoms with Crippen LogP contribution >= 0.6 is 0 Å². The number of aromatic nitrogens is 1. The summed E-state index contributed by atoms with van der Waals surface area (Å²) in [5.41, 5.74) is 1.93. The summed E-state index contributed by atoms with van der Waals surface area (Å²) in [6, 6.07) is 9.62. The molecule has 1 atom stereocenters. The highest BCUT2D eigenvalue weighted by molar-refractivity contribution is 8.00. The molecular weight excluding hydrogens is 232 g/mol. The summed E-state index contributed by atoms with van der Waals surface area (Å²) in [6.07, 6.45) is 7.33. The third-order valence-corrected chi connectivity index (χ3v) is 4.79. The van der Waals surface area contributed by atoms with Gasteiger partial charge in [0.1, 0.15) is 0 Å². The third kappa shape index (κ3) is 1.76.